The van der Waals surface area contributed by atoms with Crippen LogP contribution in [0.5, 0.6) is 11.5 Å². The van der Waals surface area contributed by atoms with Gasteiger partial charge in [0.15, 0.2) is 0 Å². The summed E-state index contributed by atoms with van der Waals surface area (Å²) in [5.74, 6) is 1.65. The Morgan fingerprint density at radius 3 is 2.45 bits per heavy atom. The zero-order valence-corrected chi connectivity index (χ0v) is 12.7. The molecule has 0 aliphatic rings. The minimum atomic E-state index is 0.222. The van der Waals surface area contributed by atoms with E-state index in [0.29, 0.717) is 0 Å². The third-order valence-corrected chi connectivity index (χ3v) is 3.55. The molecule has 0 saturated carbocycles. The number of halogens is 1. The van der Waals surface area contributed by atoms with Crippen LogP contribution < -0.4 is 10.5 Å². The lowest BCUT2D eigenvalue weighted by molar-refractivity contribution is 0.478. The first-order valence-electron chi connectivity index (χ1n) is 6.87. The van der Waals surface area contributed by atoms with E-state index in [2.05, 4.69) is 19.1 Å². The predicted molar refractivity (Wildman–Crippen MR) is 84.7 cm³/mol. The fourth-order valence-corrected chi connectivity index (χ4v) is 2.22. The molecular formula is C17H20ClNO. The molecule has 0 radical (unpaired) electrons. The van der Waals surface area contributed by atoms with Crippen LogP contribution in [0.4, 0.5) is 0 Å². The number of aryl methyl sites for hydroxylation is 1. The highest BCUT2D eigenvalue weighted by Crippen LogP contribution is 2.27. The highest BCUT2D eigenvalue weighted by atomic mass is 35.5. The van der Waals surface area contributed by atoms with Crippen LogP contribution in [0.1, 0.15) is 24.5 Å². The molecule has 0 aliphatic carbocycles. The largest absolute Gasteiger partial charge is 0.457 e. The predicted octanol–water partition coefficient (Wildman–Crippen LogP) is 4.72. The van der Waals surface area contributed by atoms with Crippen molar-refractivity contribution in [1.29, 1.82) is 0 Å². The SMILES string of the molecule is CCC(N)Cc1ccc(Oc2ccc(Cl)cc2C)cc1. The minimum absolute atomic E-state index is 0.222. The van der Waals surface area contributed by atoms with Crippen molar-refractivity contribution in [2.75, 3.05) is 0 Å². The summed E-state index contributed by atoms with van der Waals surface area (Å²) in [5, 5.41) is 0.721. The van der Waals surface area contributed by atoms with Crippen molar-refractivity contribution >= 4 is 11.6 Å². The van der Waals surface area contributed by atoms with E-state index >= 15 is 0 Å². The molecule has 0 saturated heterocycles. The fraction of sp³-hybridized carbons (Fsp3) is 0.294. The van der Waals surface area contributed by atoms with Gasteiger partial charge in [-0.1, -0.05) is 30.7 Å². The van der Waals surface area contributed by atoms with Crippen LogP contribution in [0, 0.1) is 6.92 Å². The van der Waals surface area contributed by atoms with Crippen LogP contribution in [-0.4, -0.2) is 6.04 Å². The zero-order chi connectivity index (χ0) is 14.5. The van der Waals surface area contributed by atoms with Crippen molar-refractivity contribution in [3.63, 3.8) is 0 Å². The average molecular weight is 290 g/mol. The number of hydrogen-bond acceptors (Lipinski definition) is 2. The molecule has 20 heavy (non-hydrogen) atoms. The Bertz CT molecular complexity index is 566. The van der Waals surface area contributed by atoms with E-state index in [-0.39, 0.29) is 6.04 Å². The van der Waals surface area contributed by atoms with Crippen LogP contribution >= 0.6 is 11.6 Å². The molecule has 2 aromatic rings. The van der Waals surface area contributed by atoms with Gasteiger partial charge in [-0.3, -0.25) is 0 Å². The Balaban J connectivity index is 2.07. The molecule has 0 fully saturated rings. The van der Waals surface area contributed by atoms with E-state index < -0.39 is 0 Å². The molecule has 2 rings (SSSR count). The molecule has 0 bridgehead atoms. The Hall–Kier alpha value is -1.51. The third-order valence-electron chi connectivity index (χ3n) is 3.31. The van der Waals surface area contributed by atoms with Crippen LogP contribution in [0.2, 0.25) is 5.02 Å². The van der Waals surface area contributed by atoms with Gasteiger partial charge in [0.1, 0.15) is 11.5 Å². The molecule has 106 valence electrons. The standard InChI is InChI=1S/C17H20ClNO/c1-3-15(19)11-13-4-7-16(8-5-13)20-17-9-6-14(18)10-12(17)2/h4-10,15H,3,11,19H2,1-2H3. The summed E-state index contributed by atoms with van der Waals surface area (Å²) in [5.41, 5.74) is 8.22. The van der Waals surface area contributed by atoms with E-state index in [0.717, 1.165) is 34.9 Å². The quantitative estimate of drug-likeness (QED) is 0.864. The molecule has 1 unspecified atom stereocenters. The van der Waals surface area contributed by atoms with Crippen LogP contribution in [0.3, 0.4) is 0 Å². The molecule has 1 atom stereocenters. The number of nitrogens with two attached hydrogens (primary N) is 1. The van der Waals surface area contributed by atoms with Crippen molar-refractivity contribution in [3.05, 3.63) is 58.6 Å². The lowest BCUT2D eigenvalue weighted by Gasteiger charge is -2.11. The lowest BCUT2D eigenvalue weighted by atomic mass is 10.0. The van der Waals surface area contributed by atoms with E-state index in [9.17, 15) is 0 Å². The lowest BCUT2D eigenvalue weighted by Crippen LogP contribution is -2.21. The maximum atomic E-state index is 5.96. The maximum absolute atomic E-state index is 5.96. The van der Waals surface area contributed by atoms with Gasteiger partial charge in [0.25, 0.3) is 0 Å². The highest BCUT2D eigenvalue weighted by Gasteiger charge is 2.04. The summed E-state index contributed by atoms with van der Waals surface area (Å²) >= 11 is 5.94. The number of benzene rings is 2. The van der Waals surface area contributed by atoms with Gasteiger partial charge in [-0.15, -0.1) is 0 Å². The molecule has 0 heterocycles. The van der Waals surface area contributed by atoms with Crippen molar-refractivity contribution in [2.24, 2.45) is 5.73 Å². The van der Waals surface area contributed by atoms with Gasteiger partial charge in [-0.05, 0) is 61.2 Å². The Kier molecular flexibility index (Phi) is 5.05. The fourth-order valence-electron chi connectivity index (χ4n) is 1.99. The van der Waals surface area contributed by atoms with E-state index in [1.54, 1.807) is 0 Å². The summed E-state index contributed by atoms with van der Waals surface area (Å²) in [6, 6.07) is 13.9. The summed E-state index contributed by atoms with van der Waals surface area (Å²) in [6.07, 6.45) is 1.89. The number of hydrogen-bond donors (Lipinski definition) is 1. The van der Waals surface area contributed by atoms with Gasteiger partial charge in [-0.25, -0.2) is 0 Å². The van der Waals surface area contributed by atoms with Crippen LogP contribution in [0.15, 0.2) is 42.5 Å². The molecule has 2 aromatic carbocycles. The third kappa shape index (κ3) is 3.99. The first-order chi connectivity index (χ1) is 9.58. The molecule has 2 nitrogen and oxygen atoms in total. The molecule has 0 spiro atoms. The Morgan fingerprint density at radius 2 is 1.85 bits per heavy atom. The van der Waals surface area contributed by atoms with Gasteiger partial charge in [0.05, 0.1) is 0 Å². The normalized spacial score (nSPS) is 12.2. The van der Waals surface area contributed by atoms with Gasteiger partial charge in [-0.2, -0.15) is 0 Å². The molecule has 0 aliphatic heterocycles. The molecule has 0 aromatic heterocycles. The molecule has 0 amide bonds. The number of ether oxygens (including phenoxy) is 1. The summed E-state index contributed by atoms with van der Waals surface area (Å²) in [4.78, 5) is 0. The first kappa shape index (κ1) is 14.9. The van der Waals surface area contributed by atoms with Gasteiger partial charge in [0.2, 0.25) is 0 Å². The van der Waals surface area contributed by atoms with Crippen molar-refractivity contribution in [2.45, 2.75) is 32.7 Å². The zero-order valence-electron chi connectivity index (χ0n) is 11.9. The number of rotatable bonds is 5. The smallest absolute Gasteiger partial charge is 0.130 e. The van der Waals surface area contributed by atoms with Crippen molar-refractivity contribution < 1.29 is 4.74 Å². The Morgan fingerprint density at radius 1 is 1.15 bits per heavy atom. The summed E-state index contributed by atoms with van der Waals surface area (Å²) < 4.78 is 5.86. The average Bonchev–Trinajstić information content (AvgIpc) is 2.44. The summed E-state index contributed by atoms with van der Waals surface area (Å²) in [7, 11) is 0. The van der Waals surface area contributed by atoms with Crippen molar-refractivity contribution in [3.8, 4) is 11.5 Å². The van der Waals surface area contributed by atoms with Gasteiger partial charge in [0, 0.05) is 11.1 Å². The Labute approximate surface area is 125 Å². The molecular weight excluding hydrogens is 270 g/mol. The highest BCUT2D eigenvalue weighted by molar-refractivity contribution is 6.30. The first-order valence-corrected chi connectivity index (χ1v) is 7.25. The van der Waals surface area contributed by atoms with Gasteiger partial charge >= 0.3 is 0 Å². The maximum Gasteiger partial charge on any atom is 0.130 e. The van der Waals surface area contributed by atoms with Gasteiger partial charge < -0.3 is 10.5 Å². The summed E-state index contributed by atoms with van der Waals surface area (Å²) in [6.45, 7) is 4.08. The van der Waals surface area contributed by atoms with E-state index in [1.165, 1.54) is 5.56 Å². The monoisotopic (exact) mass is 289 g/mol. The molecule has 3 heteroatoms. The molecule has 2 N–H and O–H groups in total. The second-order valence-electron chi connectivity index (χ2n) is 5.03. The van der Waals surface area contributed by atoms with Crippen LogP contribution in [0.25, 0.3) is 0 Å². The second-order valence-corrected chi connectivity index (χ2v) is 5.46. The second kappa shape index (κ2) is 6.78. The topological polar surface area (TPSA) is 35.2 Å². The van der Waals surface area contributed by atoms with Crippen molar-refractivity contribution in [1.82, 2.24) is 0 Å². The van der Waals surface area contributed by atoms with Crippen LogP contribution in [-0.2, 0) is 6.42 Å². The van der Waals surface area contributed by atoms with E-state index in [1.807, 2.05) is 37.3 Å². The van der Waals surface area contributed by atoms with E-state index in [4.69, 9.17) is 22.1 Å². The minimum Gasteiger partial charge on any atom is -0.457 e.